The van der Waals surface area contributed by atoms with Crippen molar-refractivity contribution in [3.05, 3.63) is 79.8 Å². The second-order valence-corrected chi connectivity index (χ2v) is 8.76. The number of ether oxygens (including phenoxy) is 2. The number of carbonyl (C=O) groups is 1. The highest BCUT2D eigenvalue weighted by molar-refractivity contribution is 7.17. The second-order valence-electron chi connectivity index (χ2n) is 7.84. The Morgan fingerprint density at radius 1 is 1.03 bits per heavy atom. The van der Waals surface area contributed by atoms with Crippen molar-refractivity contribution in [2.45, 2.75) is 20.4 Å². The molecule has 0 saturated carbocycles. The number of benzene rings is 2. The van der Waals surface area contributed by atoms with Gasteiger partial charge in [0, 0.05) is 11.8 Å². The van der Waals surface area contributed by atoms with Gasteiger partial charge in [0.2, 0.25) is 5.91 Å². The summed E-state index contributed by atoms with van der Waals surface area (Å²) in [5, 5.41) is 4.55. The number of hydrogen-bond acceptors (Lipinski definition) is 6. The number of nitrogens with zero attached hydrogens (tertiary/aromatic N) is 2. The lowest BCUT2D eigenvalue weighted by Crippen LogP contribution is -2.40. The van der Waals surface area contributed by atoms with E-state index in [2.05, 4.69) is 5.32 Å². The van der Waals surface area contributed by atoms with Gasteiger partial charge in [0.15, 0.2) is 11.5 Å². The van der Waals surface area contributed by atoms with Gasteiger partial charge in [0.25, 0.3) is 5.56 Å². The Bertz CT molecular complexity index is 1520. The van der Waals surface area contributed by atoms with E-state index in [1.165, 1.54) is 15.9 Å². The topological polar surface area (TPSA) is 91.6 Å². The molecule has 168 valence electrons. The van der Waals surface area contributed by atoms with Crippen LogP contribution >= 0.6 is 11.3 Å². The quantitative estimate of drug-likeness (QED) is 0.502. The van der Waals surface area contributed by atoms with Gasteiger partial charge >= 0.3 is 5.69 Å². The first-order valence-corrected chi connectivity index (χ1v) is 11.3. The minimum Gasteiger partial charge on any atom is -0.486 e. The minimum atomic E-state index is -0.558. The van der Waals surface area contributed by atoms with Crippen LogP contribution < -0.4 is 26.0 Å². The number of thiophene rings is 1. The fourth-order valence-corrected chi connectivity index (χ4v) is 4.70. The molecule has 0 spiro atoms. The predicted octanol–water partition coefficient (Wildman–Crippen LogP) is 3.24. The van der Waals surface area contributed by atoms with Crippen LogP contribution in [0, 0.1) is 13.8 Å². The molecule has 8 nitrogen and oxygen atoms in total. The number of rotatable bonds is 4. The Labute approximate surface area is 192 Å². The average Bonchev–Trinajstić information content (AvgIpc) is 3.29. The third-order valence-corrected chi connectivity index (χ3v) is 6.38. The summed E-state index contributed by atoms with van der Waals surface area (Å²) < 4.78 is 14.0. The highest BCUT2D eigenvalue weighted by Crippen LogP contribution is 2.32. The summed E-state index contributed by atoms with van der Waals surface area (Å²) in [6.07, 6.45) is 0. The maximum absolute atomic E-state index is 13.5. The maximum Gasteiger partial charge on any atom is 0.336 e. The molecule has 1 amide bonds. The number of hydrogen-bond donors (Lipinski definition) is 1. The van der Waals surface area contributed by atoms with E-state index >= 15 is 0 Å². The molecule has 0 bridgehead atoms. The number of nitrogens with one attached hydrogen (secondary N) is 1. The summed E-state index contributed by atoms with van der Waals surface area (Å²) >= 11 is 1.25. The first-order chi connectivity index (χ1) is 15.9. The normalized spacial score (nSPS) is 12.7. The molecular formula is C24H21N3O5S. The number of carbonyl (C=O) groups excluding carboxylic acids is 1. The van der Waals surface area contributed by atoms with Crippen molar-refractivity contribution in [3.63, 3.8) is 0 Å². The SMILES string of the molecule is Cc1ccc(C)c(-n2c(=O)c3sccc3n(CC(=O)Nc3ccc4c(c3)OCCO4)c2=O)c1. The van der Waals surface area contributed by atoms with E-state index in [-0.39, 0.29) is 12.1 Å². The van der Waals surface area contributed by atoms with Crippen molar-refractivity contribution < 1.29 is 14.3 Å². The molecule has 5 rings (SSSR count). The molecule has 4 aromatic rings. The minimum absolute atomic E-state index is 0.244. The Balaban J connectivity index is 1.54. The van der Waals surface area contributed by atoms with E-state index in [1.807, 2.05) is 26.0 Å². The predicted molar refractivity (Wildman–Crippen MR) is 127 cm³/mol. The fraction of sp³-hybridized carbons (Fsp3) is 0.208. The van der Waals surface area contributed by atoms with Crippen molar-refractivity contribution in [2.75, 3.05) is 18.5 Å². The summed E-state index contributed by atoms with van der Waals surface area (Å²) in [5.74, 6) is 0.781. The monoisotopic (exact) mass is 463 g/mol. The van der Waals surface area contributed by atoms with Gasteiger partial charge in [-0.1, -0.05) is 12.1 Å². The summed E-state index contributed by atoms with van der Waals surface area (Å²) in [4.78, 5) is 39.5. The molecule has 1 N–H and O–H groups in total. The first kappa shape index (κ1) is 21.0. The molecule has 0 atom stereocenters. The zero-order chi connectivity index (χ0) is 23.1. The van der Waals surface area contributed by atoms with E-state index in [0.717, 1.165) is 15.7 Å². The van der Waals surface area contributed by atoms with E-state index in [0.29, 0.717) is 46.3 Å². The van der Waals surface area contributed by atoms with Crippen molar-refractivity contribution in [1.82, 2.24) is 9.13 Å². The largest absolute Gasteiger partial charge is 0.486 e. The smallest absolute Gasteiger partial charge is 0.336 e. The summed E-state index contributed by atoms with van der Waals surface area (Å²) in [5.41, 5.74) is 2.26. The first-order valence-electron chi connectivity index (χ1n) is 10.4. The van der Waals surface area contributed by atoms with Crippen LogP contribution in [0.3, 0.4) is 0 Å². The van der Waals surface area contributed by atoms with E-state index < -0.39 is 11.6 Å². The lowest BCUT2D eigenvalue weighted by atomic mass is 10.1. The van der Waals surface area contributed by atoms with Gasteiger partial charge < -0.3 is 14.8 Å². The highest BCUT2D eigenvalue weighted by Gasteiger charge is 2.19. The van der Waals surface area contributed by atoms with Gasteiger partial charge in [-0.05, 0) is 54.6 Å². The summed E-state index contributed by atoms with van der Waals surface area (Å²) in [7, 11) is 0. The molecular weight excluding hydrogens is 442 g/mol. The van der Waals surface area contributed by atoms with Crippen LogP contribution in [-0.4, -0.2) is 28.3 Å². The van der Waals surface area contributed by atoms with E-state index in [9.17, 15) is 14.4 Å². The third kappa shape index (κ3) is 3.80. The molecule has 33 heavy (non-hydrogen) atoms. The Morgan fingerprint density at radius 3 is 2.64 bits per heavy atom. The number of aryl methyl sites for hydroxylation is 2. The molecule has 3 heterocycles. The summed E-state index contributed by atoms with van der Waals surface area (Å²) in [6.45, 7) is 4.42. The number of anilines is 1. The average molecular weight is 464 g/mol. The van der Waals surface area contributed by atoms with Crippen LogP contribution in [0.1, 0.15) is 11.1 Å². The van der Waals surface area contributed by atoms with Gasteiger partial charge in [0.05, 0.1) is 11.2 Å². The van der Waals surface area contributed by atoms with Crippen molar-refractivity contribution in [3.8, 4) is 17.2 Å². The van der Waals surface area contributed by atoms with Crippen LogP contribution in [0.2, 0.25) is 0 Å². The Hall–Kier alpha value is -3.85. The maximum atomic E-state index is 13.5. The molecule has 0 unspecified atom stereocenters. The van der Waals surface area contributed by atoms with Gasteiger partial charge in [-0.3, -0.25) is 14.2 Å². The lowest BCUT2D eigenvalue weighted by Gasteiger charge is -2.19. The van der Waals surface area contributed by atoms with Crippen LogP contribution in [0.15, 0.2) is 57.4 Å². The molecule has 1 aliphatic rings. The van der Waals surface area contributed by atoms with Gasteiger partial charge in [0.1, 0.15) is 24.5 Å². The second kappa shape index (κ2) is 8.25. The molecule has 9 heteroatoms. The fourth-order valence-electron chi connectivity index (χ4n) is 3.88. The molecule has 2 aromatic carbocycles. The van der Waals surface area contributed by atoms with Crippen LogP contribution in [0.5, 0.6) is 11.5 Å². The number of fused-ring (bicyclic) bond motifs is 2. The zero-order valence-corrected chi connectivity index (χ0v) is 18.9. The van der Waals surface area contributed by atoms with Gasteiger partial charge in [-0.2, -0.15) is 0 Å². The van der Waals surface area contributed by atoms with Crippen molar-refractivity contribution in [2.24, 2.45) is 0 Å². The van der Waals surface area contributed by atoms with Crippen molar-refractivity contribution in [1.29, 1.82) is 0 Å². The van der Waals surface area contributed by atoms with Crippen molar-refractivity contribution >= 4 is 33.1 Å². The standard InChI is InChI=1S/C24H21N3O5S/c1-14-3-4-15(2)18(11-14)27-23(29)22-17(7-10-33-22)26(24(27)30)13-21(28)25-16-5-6-19-20(12-16)32-9-8-31-19/h3-7,10-12H,8-9,13H2,1-2H3,(H,25,28). The number of amides is 1. The molecule has 1 aliphatic heterocycles. The van der Waals surface area contributed by atoms with Crippen LogP contribution in [0.25, 0.3) is 15.9 Å². The van der Waals surface area contributed by atoms with E-state index in [4.69, 9.17) is 9.47 Å². The van der Waals surface area contributed by atoms with Gasteiger partial charge in [-0.25, -0.2) is 9.36 Å². The Morgan fingerprint density at radius 2 is 1.82 bits per heavy atom. The highest BCUT2D eigenvalue weighted by atomic mass is 32.1. The lowest BCUT2D eigenvalue weighted by molar-refractivity contribution is -0.116. The summed E-state index contributed by atoms with van der Waals surface area (Å²) in [6, 6.07) is 12.4. The number of aromatic nitrogens is 2. The van der Waals surface area contributed by atoms with Gasteiger partial charge in [-0.15, -0.1) is 11.3 Å². The molecule has 0 aliphatic carbocycles. The Kier molecular flexibility index (Phi) is 5.26. The molecule has 2 aromatic heterocycles. The molecule has 0 saturated heterocycles. The van der Waals surface area contributed by atoms with Crippen LogP contribution in [-0.2, 0) is 11.3 Å². The van der Waals surface area contributed by atoms with E-state index in [1.54, 1.807) is 35.7 Å². The zero-order valence-electron chi connectivity index (χ0n) is 18.1. The van der Waals surface area contributed by atoms with Crippen LogP contribution in [0.4, 0.5) is 5.69 Å². The molecule has 0 fully saturated rings. The third-order valence-electron chi connectivity index (χ3n) is 5.49. The molecule has 0 radical (unpaired) electrons.